The zero-order valence-corrected chi connectivity index (χ0v) is 10.8. The molecule has 0 aromatic heterocycles. The minimum atomic E-state index is -0.203. The maximum absolute atomic E-state index is 9.71. The molecule has 0 radical (unpaired) electrons. The topological polar surface area (TPSA) is 32.3 Å². The molecule has 3 unspecified atom stereocenters. The van der Waals surface area contributed by atoms with Gasteiger partial charge in [-0.1, -0.05) is 23.7 Å². The van der Waals surface area contributed by atoms with Gasteiger partial charge in [0.2, 0.25) is 0 Å². The molecule has 2 nitrogen and oxygen atoms in total. The number of halogens is 2. The number of aliphatic hydroxyl groups excluding tert-OH is 1. The van der Waals surface area contributed by atoms with Gasteiger partial charge in [0.1, 0.15) is 0 Å². The lowest BCUT2D eigenvalue weighted by Gasteiger charge is -2.32. The third-order valence-corrected chi connectivity index (χ3v) is 3.11. The van der Waals surface area contributed by atoms with Crippen LogP contribution in [0.2, 0.25) is 5.02 Å². The Morgan fingerprint density at radius 2 is 2.12 bits per heavy atom. The summed E-state index contributed by atoms with van der Waals surface area (Å²) in [5, 5.41) is 13.9. The second kappa shape index (κ2) is 5.87. The van der Waals surface area contributed by atoms with Crippen molar-refractivity contribution in [2.24, 2.45) is 0 Å². The number of rotatable bonds is 1. The minimum Gasteiger partial charge on any atom is -0.393 e. The van der Waals surface area contributed by atoms with E-state index in [9.17, 15) is 5.11 Å². The molecule has 1 aromatic rings. The molecule has 0 aliphatic carbocycles. The first-order chi connectivity index (χ1) is 7.15. The summed E-state index contributed by atoms with van der Waals surface area (Å²) < 4.78 is 0. The van der Waals surface area contributed by atoms with Crippen LogP contribution in [-0.4, -0.2) is 17.3 Å². The van der Waals surface area contributed by atoms with E-state index in [0.717, 1.165) is 23.4 Å². The van der Waals surface area contributed by atoms with Crippen LogP contribution in [-0.2, 0) is 0 Å². The van der Waals surface area contributed by atoms with Crippen LogP contribution in [0, 0.1) is 0 Å². The molecular formula is C12H17Cl2NO. The van der Waals surface area contributed by atoms with E-state index in [0.29, 0.717) is 6.04 Å². The summed E-state index contributed by atoms with van der Waals surface area (Å²) in [6.07, 6.45) is 1.40. The SMILES string of the molecule is CC1CC(O)CC(c2cccc(Cl)c2)N1.Cl. The van der Waals surface area contributed by atoms with Gasteiger partial charge in [0.15, 0.2) is 0 Å². The molecule has 2 rings (SSSR count). The van der Waals surface area contributed by atoms with Crippen LogP contribution in [0.25, 0.3) is 0 Å². The first-order valence-corrected chi connectivity index (χ1v) is 5.72. The van der Waals surface area contributed by atoms with Crippen molar-refractivity contribution in [1.82, 2.24) is 5.32 Å². The Bertz CT molecular complexity index is 336. The molecule has 0 amide bonds. The van der Waals surface area contributed by atoms with Gasteiger partial charge in [0, 0.05) is 17.1 Å². The fraction of sp³-hybridized carbons (Fsp3) is 0.500. The first kappa shape index (κ1) is 13.8. The van der Waals surface area contributed by atoms with Crippen LogP contribution in [0.5, 0.6) is 0 Å². The van der Waals surface area contributed by atoms with Crippen LogP contribution in [0.15, 0.2) is 24.3 Å². The quantitative estimate of drug-likeness (QED) is 0.815. The van der Waals surface area contributed by atoms with Crippen LogP contribution in [0.4, 0.5) is 0 Å². The number of aliphatic hydroxyl groups is 1. The van der Waals surface area contributed by atoms with Crippen molar-refractivity contribution in [2.45, 2.75) is 38.0 Å². The maximum atomic E-state index is 9.71. The molecule has 1 fully saturated rings. The van der Waals surface area contributed by atoms with Gasteiger partial charge in [-0.3, -0.25) is 0 Å². The second-order valence-electron chi connectivity index (χ2n) is 4.30. The maximum Gasteiger partial charge on any atom is 0.0573 e. The Morgan fingerprint density at radius 1 is 1.38 bits per heavy atom. The van der Waals surface area contributed by atoms with Gasteiger partial charge in [-0.2, -0.15) is 0 Å². The summed E-state index contributed by atoms with van der Waals surface area (Å²) in [6.45, 7) is 2.10. The average Bonchev–Trinajstić information content (AvgIpc) is 2.16. The van der Waals surface area contributed by atoms with Crippen LogP contribution in [0.3, 0.4) is 0 Å². The van der Waals surface area contributed by atoms with Gasteiger partial charge >= 0.3 is 0 Å². The number of nitrogens with one attached hydrogen (secondary N) is 1. The monoisotopic (exact) mass is 261 g/mol. The minimum absolute atomic E-state index is 0. The highest BCUT2D eigenvalue weighted by molar-refractivity contribution is 6.30. The predicted molar refractivity (Wildman–Crippen MR) is 69.3 cm³/mol. The smallest absolute Gasteiger partial charge is 0.0573 e. The molecular weight excluding hydrogens is 245 g/mol. The van der Waals surface area contributed by atoms with E-state index < -0.39 is 0 Å². The molecule has 0 saturated carbocycles. The third-order valence-electron chi connectivity index (χ3n) is 2.87. The Labute approximate surface area is 107 Å². The van der Waals surface area contributed by atoms with Crippen molar-refractivity contribution in [3.05, 3.63) is 34.9 Å². The highest BCUT2D eigenvalue weighted by atomic mass is 35.5. The van der Waals surface area contributed by atoms with Crippen LogP contribution in [0.1, 0.15) is 31.4 Å². The van der Waals surface area contributed by atoms with Gasteiger partial charge < -0.3 is 10.4 Å². The van der Waals surface area contributed by atoms with Crippen molar-refractivity contribution in [3.63, 3.8) is 0 Å². The number of benzene rings is 1. The lowest BCUT2D eigenvalue weighted by molar-refractivity contribution is 0.0975. The van der Waals surface area contributed by atoms with Crippen molar-refractivity contribution in [3.8, 4) is 0 Å². The molecule has 0 spiro atoms. The normalized spacial score (nSPS) is 29.6. The fourth-order valence-corrected chi connectivity index (χ4v) is 2.41. The van der Waals surface area contributed by atoms with E-state index in [-0.39, 0.29) is 24.6 Å². The molecule has 3 atom stereocenters. The van der Waals surface area contributed by atoms with Crippen LogP contribution >= 0.6 is 24.0 Å². The Kier molecular flexibility index (Phi) is 5.06. The number of piperidine rings is 1. The summed E-state index contributed by atoms with van der Waals surface area (Å²) in [4.78, 5) is 0. The van der Waals surface area contributed by atoms with E-state index in [2.05, 4.69) is 12.2 Å². The molecule has 16 heavy (non-hydrogen) atoms. The summed E-state index contributed by atoms with van der Waals surface area (Å²) >= 11 is 5.95. The largest absolute Gasteiger partial charge is 0.393 e. The van der Waals surface area contributed by atoms with Crippen molar-refractivity contribution in [2.75, 3.05) is 0 Å². The summed E-state index contributed by atoms with van der Waals surface area (Å²) in [7, 11) is 0. The van der Waals surface area contributed by atoms with Gasteiger partial charge in [0.05, 0.1) is 6.10 Å². The van der Waals surface area contributed by atoms with Crippen molar-refractivity contribution >= 4 is 24.0 Å². The molecule has 0 bridgehead atoms. The lowest BCUT2D eigenvalue weighted by atomic mass is 9.92. The summed E-state index contributed by atoms with van der Waals surface area (Å²) in [5.41, 5.74) is 1.16. The molecule has 1 aliphatic heterocycles. The Hall–Kier alpha value is -0.280. The Balaban J connectivity index is 0.00000128. The molecule has 1 heterocycles. The van der Waals surface area contributed by atoms with Gasteiger partial charge in [-0.05, 0) is 37.5 Å². The molecule has 1 aromatic carbocycles. The fourth-order valence-electron chi connectivity index (χ4n) is 2.21. The average molecular weight is 262 g/mol. The van der Waals surface area contributed by atoms with Crippen LogP contribution < -0.4 is 5.32 Å². The lowest BCUT2D eigenvalue weighted by Crippen LogP contribution is -2.40. The summed E-state index contributed by atoms with van der Waals surface area (Å²) in [5.74, 6) is 0. The first-order valence-electron chi connectivity index (χ1n) is 5.34. The summed E-state index contributed by atoms with van der Waals surface area (Å²) in [6, 6.07) is 8.41. The van der Waals surface area contributed by atoms with Crippen molar-refractivity contribution in [1.29, 1.82) is 0 Å². The molecule has 1 aliphatic rings. The van der Waals surface area contributed by atoms with E-state index >= 15 is 0 Å². The number of hydrogen-bond donors (Lipinski definition) is 2. The standard InChI is InChI=1S/C12H16ClNO.ClH/c1-8-5-11(15)7-12(14-8)9-3-2-4-10(13)6-9;/h2-4,6,8,11-12,14-15H,5,7H2,1H3;1H. The second-order valence-corrected chi connectivity index (χ2v) is 4.74. The van der Waals surface area contributed by atoms with E-state index in [1.165, 1.54) is 0 Å². The zero-order valence-electron chi connectivity index (χ0n) is 9.19. The van der Waals surface area contributed by atoms with Gasteiger partial charge in [-0.15, -0.1) is 12.4 Å². The molecule has 1 saturated heterocycles. The molecule has 4 heteroatoms. The highest BCUT2D eigenvalue weighted by Crippen LogP contribution is 2.27. The third kappa shape index (κ3) is 3.36. The van der Waals surface area contributed by atoms with E-state index in [1.807, 2.05) is 24.3 Å². The zero-order chi connectivity index (χ0) is 10.8. The molecule has 90 valence electrons. The van der Waals surface area contributed by atoms with Crippen molar-refractivity contribution < 1.29 is 5.11 Å². The number of hydrogen-bond acceptors (Lipinski definition) is 2. The predicted octanol–water partition coefficient (Wildman–Crippen LogP) is 2.94. The van der Waals surface area contributed by atoms with Gasteiger partial charge in [0.25, 0.3) is 0 Å². The molecule has 2 N–H and O–H groups in total. The Morgan fingerprint density at radius 3 is 2.75 bits per heavy atom. The van der Waals surface area contributed by atoms with E-state index in [1.54, 1.807) is 0 Å². The van der Waals surface area contributed by atoms with Gasteiger partial charge in [-0.25, -0.2) is 0 Å². The highest BCUT2D eigenvalue weighted by Gasteiger charge is 2.25. The van der Waals surface area contributed by atoms with E-state index in [4.69, 9.17) is 11.6 Å².